The van der Waals surface area contributed by atoms with Crippen molar-refractivity contribution < 1.29 is 9.53 Å². The lowest BCUT2D eigenvalue weighted by molar-refractivity contribution is 0.0747. The van der Waals surface area contributed by atoms with Crippen molar-refractivity contribution in [1.29, 1.82) is 5.26 Å². The Bertz CT molecular complexity index is 711. The molecule has 0 aliphatic rings. The van der Waals surface area contributed by atoms with Gasteiger partial charge in [0.25, 0.3) is 5.91 Å². The van der Waals surface area contributed by atoms with E-state index in [1.54, 1.807) is 24.1 Å². The van der Waals surface area contributed by atoms with E-state index in [4.69, 9.17) is 10.00 Å². The van der Waals surface area contributed by atoms with Gasteiger partial charge in [-0.2, -0.15) is 5.26 Å². The van der Waals surface area contributed by atoms with E-state index in [2.05, 4.69) is 28.7 Å². The molecular formula is C18H17IN2O2. The smallest absolute Gasteiger partial charge is 0.254 e. The van der Waals surface area contributed by atoms with E-state index in [0.717, 1.165) is 14.9 Å². The van der Waals surface area contributed by atoms with Crippen LogP contribution >= 0.6 is 22.6 Å². The number of rotatable bonds is 6. The Kier molecular flexibility index (Phi) is 6.41. The van der Waals surface area contributed by atoms with Gasteiger partial charge in [-0.25, -0.2) is 0 Å². The number of halogens is 1. The number of nitriles is 1. The predicted molar refractivity (Wildman–Crippen MR) is 97.1 cm³/mol. The third kappa shape index (κ3) is 4.70. The Balaban J connectivity index is 2.22. The van der Waals surface area contributed by atoms with Crippen LogP contribution in [0.25, 0.3) is 0 Å². The second kappa shape index (κ2) is 8.53. The fourth-order valence-electron chi connectivity index (χ4n) is 2.22. The van der Waals surface area contributed by atoms with Crippen molar-refractivity contribution >= 4 is 28.5 Å². The van der Waals surface area contributed by atoms with Crippen LogP contribution in [0, 0.1) is 14.9 Å². The number of benzene rings is 2. The molecule has 2 aromatic rings. The quantitative estimate of drug-likeness (QED) is 0.668. The molecule has 0 bridgehead atoms. The van der Waals surface area contributed by atoms with E-state index in [1.807, 2.05) is 36.4 Å². The Morgan fingerprint density at radius 1 is 1.26 bits per heavy atom. The first-order valence-corrected chi connectivity index (χ1v) is 8.27. The van der Waals surface area contributed by atoms with Crippen molar-refractivity contribution in [3.05, 3.63) is 63.2 Å². The summed E-state index contributed by atoms with van der Waals surface area (Å²) >= 11 is 2.15. The minimum atomic E-state index is -0.0790. The molecule has 2 aromatic carbocycles. The molecule has 0 saturated carbocycles. The van der Waals surface area contributed by atoms with Crippen LogP contribution in [0.2, 0.25) is 0 Å². The maximum atomic E-state index is 12.8. The van der Waals surface area contributed by atoms with Gasteiger partial charge >= 0.3 is 0 Å². The van der Waals surface area contributed by atoms with Gasteiger partial charge in [0.05, 0.1) is 23.2 Å². The number of amides is 1. The van der Waals surface area contributed by atoms with Gasteiger partial charge in [0.2, 0.25) is 0 Å². The summed E-state index contributed by atoms with van der Waals surface area (Å²) in [6, 6.07) is 17.2. The van der Waals surface area contributed by atoms with Crippen molar-refractivity contribution in [2.24, 2.45) is 0 Å². The van der Waals surface area contributed by atoms with Crippen LogP contribution in [0.4, 0.5) is 0 Å². The van der Waals surface area contributed by atoms with Crippen LogP contribution in [-0.4, -0.2) is 24.5 Å². The number of ether oxygens (including phenoxy) is 1. The average Bonchev–Trinajstić information content (AvgIpc) is 2.58. The first-order valence-electron chi connectivity index (χ1n) is 7.19. The highest BCUT2D eigenvalue weighted by atomic mass is 127. The minimum absolute atomic E-state index is 0.0790. The highest BCUT2D eigenvalue weighted by Crippen LogP contribution is 2.22. The maximum absolute atomic E-state index is 12.8. The molecule has 0 aliphatic carbocycles. The van der Waals surface area contributed by atoms with E-state index in [0.29, 0.717) is 25.1 Å². The highest BCUT2D eigenvalue weighted by molar-refractivity contribution is 14.1. The highest BCUT2D eigenvalue weighted by Gasteiger charge is 2.17. The molecule has 0 unspecified atom stereocenters. The van der Waals surface area contributed by atoms with E-state index in [1.165, 1.54) is 0 Å². The van der Waals surface area contributed by atoms with E-state index < -0.39 is 0 Å². The zero-order chi connectivity index (χ0) is 16.7. The summed E-state index contributed by atoms with van der Waals surface area (Å²) in [4.78, 5) is 14.5. The maximum Gasteiger partial charge on any atom is 0.254 e. The molecule has 0 aromatic heterocycles. The van der Waals surface area contributed by atoms with E-state index in [-0.39, 0.29) is 5.91 Å². The lowest BCUT2D eigenvalue weighted by atomic mass is 10.1. The largest absolute Gasteiger partial charge is 0.496 e. The molecule has 0 radical (unpaired) electrons. The Morgan fingerprint density at radius 3 is 2.61 bits per heavy atom. The van der Waals surface area contributed by atoms with Crippen LogP contribution in [0.15, 0.2) is 48.5 Å². The van der Waals surface area contributed by atoms with Gasteiger partial charge in [-0.3, -0.25) is 4.79 Å². The van der Waals surface area contributed by atoms with Crippen LogP contribution < -0.4 is 4.74 Å². The molecule has 1 amide bonds. The standard InChI is InChI=1S/C18H17IN2O2/c1-23-17-9-8-15(12-16(17)19)18(22)21(11-5-10-20)13-14-6-3-2-4-7-14/h2-4,6-9,12H,5,11,13H2,1H3. The number of methoxy groups -OCH3 is 1. The zero-order valence-corrected chi connectivity index (χ0v) is 15.0. The van der Waals surface area contributed by atoms with Crippen molar-refractivity contribution in [1.82, 2.24) is 4.90 Å². The second-order valence-corrected chi connectivity index (χ2v) is 6.13. The molecule has 0 heterocycles. The average molecular weight is 420 g/mol. The monoisotopic (exact) mass is 420 g/mol. The van der Waals surface area contributed by atoms with Crippen molar-refractivity contribution in [3.63, 3.8) is 0 Å². The molecular weight excluding hydrogens is 403 g/mol. The van der Waals surface area contributed by atoms with Crippen molar-refractivity contribution in [2.75, 3.05) is 13.7 Å². The summed E-state index contributed by atoms with van der Waals surface area (Å²) in [6.45, 7) is 0.900. The Labute approximate surface area is 149 Å². The van der Waals surface area contributed by atoms with Gasteiger partial charge in [-0.15, -0.1) is 0 Å². The summed E-state index contributed by atoms with van der Waals surface area (Å²) in [5.41, 5.74) is 1.64. The predicted octanol–water partition coefficient (Wildman–Crippen LogP) is 3.86. The van der Waals surface area contributed by atoms with Crippen LogP contribution in [-0.2, 0) is 6.54 Å². The normalized spacial score (nSPS) is 9.96. The van der Waals surface area contributed by atoms with Crippen LogP contribution in [0.5, 0.6) is 5.75 Å². The topological polar surface area (TPSA) is 53.3 Å². The van der Waals surface area contributed by atoms with Crippen molar-refractivity contribution in [2.45, 2.75) is 13.0 Å². The van der Waals surface area contributed by atoms with Crippen molar-refractivity contribution in [3.8, 4) is 11.8 Å². The first-order chi connectivity index (χ1) is 11.2. The fraction of sp³-hybridized carbons (Fsp3) is 0.222. The minimum Gasteiger partial charge on any atom is -0.496 e. The van der Waals surface area contributed by atoms with Crippen LogP contribution in [0.3, 0.4) is 0 Å². The lowest BCUT2D eigenvalue weighted by Gasteiger charge is -2.22. The summed E-state index contributed by atoms with van der Waals surface area (Å²) < 4.78 is 6.11. The van der Waals surface area contributed by atoms with Gasteiger partial charge in [0, 0.05) is 18.7 Å². The molecule has 0 N–H and O–H groups in total. The van der Waals surface area contributed by atoms with Gasteiger partial charge < -0.3 is 9.64 Å². The molecule has 0 fully saturated rings. The summed E-state index contributed by atoms with van der Waals surface area (Å²) in [5, 5.41) is 8.84. The molecule has 0 spiro atoms. The molecule has 118 valence electrons. The number of carbonyl (C=O) groups excluding carboxylic acids is 1. The van der Waals surface area contributed by atoms with Gasteiger partial charge in [0.1, 0.15) is 5.75 Å². The number of hydrogen-bond donors (Lipinski definition) is 0. The molecule has 2 rings (SSSR count). The molecule has 5 heteroatoms. The fourth-order valence-corrected chi connectivity index (χ4v) is 2.96. The summed E-state index contributed by atoms with van der Waals surface area (Å²) in [6.07, 6.45) is 0.311. The molecule has 0 atom stereocenters. The number of hydrogen-bond acceptors (Lipinski definition) is 3. The SMILES string of the molecule is COc1ccc(C(=O)N(CCC#N)Cc2ccccc2)cc1I. The number of nitrogens with zero attached hydrogens (tertiary/aromatic N) is 2. The molecule has 4 nitrogen and oxygen atoms in total. The summed E-state index contributed by atoms with van der Waals surface area (Å²) in [7, 11) is 1.60. The summed E-state index contributed by atoms with van der Waals surface area (Å²) in [5.74, 6) is 0.665. The zero-order valence-electron chi connectivity index (χ0n) is 12.8. The first kappa shape index (κ1) is 17.3. The Hall–Kier alpha value is -2.07. The molecule has 0 saturated heterocycles. The number of carbonyl (C=O) groups is 1. The van der Waals surface area contributed by atoms with Crippen LogP contribution in [0.1, 0.15) is 22.3 Å². The van der Waals surface area contributed by atoms with E-state index >= 15 is 0 Å². The lowest BCUT2D eigenvalue weighted by Crippen LogP contribution is -2.31. The third-order valence-electron chi connectivity index (χ3n) is 3.40. The second-order valence-electron chi connectivity index (χ2n) is 4.97. The van der Waals surface area contributed by atoms with Gasteiger partial charge in [-0.05, 0) is 46.4 Å². The molecule has 0 aliphatic heterocycles. The Morgan fingerprint density at radius 2 is 2.00 bits per heavy atom. The third-order valence-corrected chi connectivity index (χ3v) is 4.24. The van der Waals surface area contributed by atoms with Gasteiger partial charge in [-0.1, -0.05) is 30.3 Å². The molecule has 23 heavy (non-hydrogen) atoms. The van der Waals surface area contributed by atoms with E-state index in [9.17, 15) is 4.79 Å². The van der Waals surface area contributed by atoms with Gasteiger partial charge in [0.15, 0.2) is 0 Å².